The topological polar surface area (TPSA) is 82.1 Å². The Labute approximate surface area is 117 Å². The predicted molar refractivity (Wildman–Crippen MR) is 68.7 cm³/mol. The van der Waals surface area contributed by atoms with E-state index >= 15 is 0 Å². The molecule has 0 saturated carbocycles. The molecule has 0 bridgehead atoms. The molecular weight excluding hydrogens is 266 g/mol. The fourth-order valence-electron chi connectivity index (χ4n) is 1.82. The largest absolute Gasteiger partial charge is 0.466 e. The monoisotopic (exact) mass is 285 g/mol. The Kier molecular flexibility index (Phi) is 6.72. The van der Waals surface area contributed by atoms with E-state index in [2.05, 4.69) is 4.74 Å². The molecule has 0 aromatic heterocycles. The van der Waals surface area contributed by atoms with E-state index in [-0.39, 0.29) is 18.4 Å². The van der Waals surface area contributed by atoms with Gasteiger partial charge >= 0.3 is 11.9 Å². The van der Waals surface area contributed by atoms with Crippen molar-refractivity contribution in [3.8, 4) is 0 Å². The molecule has 7 heteroatoms. The number of amides is 1. The molecular formula is C13H19NO6. The van der Waals surface area contributed by atoms with Crippen molar-refractivity contribution in [2.45, 2.75) is 6.42 Å². The van der Waals surface area contributed by atoms with Gasteiger partial charge in [-0.2, -0.15) is 0 Å². The van der Waals surface area contributed by atoms with Crippen molar-refractivity contribution in [1.29, 1.82) is 0 Å². The normalized spacial score (nSPS) is 18.6. The van der Waals surface area contributed by atoms with E-state index in [0.29, 0.717) is 26.1 Å². The molecule has 1 rings (SSSR count). The lowest BCUT2D eigenvalue weighted by Crippen LogP contribution is -2.31. The van der Waals surface area contributed by atoms with Crippen LogP contribution in [0.2, 0.25) is 0 Å². The molecule has 0 aliphatic carbocycles. The molecule has 0 aromatic carbocycles. The third-order valence-electron chi connectivity index (χ3n) is 2.96. The molecule has 112 valence electrons. The van der Waals surface area contributed by atoms with Gasteiger partial charge in [0.05, 0.1) is 19.6 Å². The second-order valence-corrected chi connectivity index (χ2v) is 4.29. The SMILES string of the molecule is COCCN1CCC(COC(=O)/C=C/C(=O)OC)C1=O. The smallest absolute Gasteiger partial charge is 0.331 e. The van der Waals surface area contributed by atoms with E-state index in [4.69, 9.17) is 9.47 Å². The highest BCUT2D eigenvalue weighted by atomic mass is 16.5. The predicted octanol–water partition coefficient (Wildman–Crippen LogP) is -0.246. The van der Waals surface area contributed by atoms with Crippen molar-refractivity contribution in [3.05, 3.63) is 12.2 Å². The Morgan fingerprint density at radius 1 is 1.30 bits per heavy atom. The first kappa shape index (κ1) is 16.2. The van der Waals surface area contributed by atoms with Crippen molar-refractivity contribution >= 4 is 17.8 Å². The Hall–Kier alpha value is -1.89. The molecule has 1 fully saturated rings. The summed E-state index contributed by atoms with van der Waals surface area (Å²) in [7, 11) is 2.79. The third-order valence-corrected chi connectivity index (χ3v) is 2.96. The van der Waals surface area contributed by atoms with Crippen LogP contribution < -0.4 is 0 Å². The fourth-order valence-corrected chi connectivity index (χ4v) is 1.82. The highest BCUT2D eigenvalue weighted by Crippen LogP contribution is 2.18. The van der Waals surface area contributed by atoms with Crippen molar-refractivity contribution in [1.82, 2.24) is 4.90 Å². The number of rotatable bonds is 7. The van der Waals surface area contributed by atoms with Crippen LogP contribution in [0.3, 0.4) is 0 Å². The van der Waals surface area contributed by atoms with Crippen LogP contribution in [-0.4, -0.2) is 63.3 Å². The van der Waals surface area contributed by atoms with Crippen LogP contribution >= 0.6 is 0 Å². The average molecular weight is 285 g/mol. The number of likely N-dealkylation sites (tertiary alicyclic amines) is 1. The van der Waals surface area contributed by atoms with Gasteiger partial charge in [-0.05, 0) is 6.42 Å². The molecule has 1 unspecified atom stereocenters. The summed E-state index contributed by atoms with van der Waals surface area (Å²) >= 11 is 0. The van der Waals surface area contributed by atoms with Crippen LogP contribution in [0.25, 0.3) is 0 Å². The van der Waals surface area contributed by atoms with Gasteiger partial charge < -0.3 is 19.1 Å². The lowest BCUT2D eigenvalue weighted by Gasteiger charge is -2.15. The van der Waals surface area contributed by atoms with Crippen LogP contribution in [0.15, 0.2) is 12.2 Å². The van der Waals surface area contributed by atoms with E-state index in [1.807, 2.05) is 0 Å². The Morgan fingerprint density at radius 2 is 2.00 bits per heavy atom. The van der Waals surface area contributed by atoms with Gasteiger partial charge in [0.2, 0.25) is 5.91 Å². The number of hydrogen-bond acceptors (Lipinski definition) is 6. The zero-order valence-corrected chi connectivity index (χ0v) is 11.7. The van der Waals surface area contributed by atoms with Gasteiger partial charge in [-0.3, -0.25) is 4.79 Å². The average Bonchev–Trinajstić information content (AvgIpc) is 2.80. The molecule has 0 aromatic rings. The molecule has 0 spiro atoms. The first-order chi connectivity index (χ1) is 9.58. The summed E-state index contributed by atoms with van der Waals surface area (Å²) in [5, 5.41) is 0. The minimum Gasteiger partial charge on any atom is -0.466 e. The maximum atomic E-state index is 11.9. The van der Waals surface area contributed by atoms with E-state index in [0.717, 1.165) is 12.2 Å². The molecule has 1 heterocycles. The van der Waals surface area contributed by atoms with Gasteiger partial charge in [-0.25, -0.2) is 9.59 Å². The number of ether oxygens (including phenoxy) is 3. The van der Waals surface area contributed by atoms with Crippen molar-refractivity contribution < 1.29 is 28.6 Å². The molecule has 1 saturated heterocycles. The van der Waals surface area contributed by atoms with Crippen molar-refractivity contribution in [2.24, 2.45) is 5.92 Å². The number of hydrogen-bond donors (Lipinski definition) is 0. The Balaban J connectivity index is 2.32. The van der Waals surface area contributed by atoms with Gasteiger partial charge in [0.15, 0.2) is 0 Å². The second-order valence-electron chi connectivity index (χ2n) is 4.29. The number of carbonyl (C=O) groups excluding carboxylic acids is 3. The van der Waals surface area contributed by atoms with Crippen LogP contribution in [-0.2, 0) is 28.6 Å². The molecule has 20 heavy (non-hydrogen) atoms. The minimum absolute atomic E-state index is 0.0205. The summed E-state index contributed by atoms with van der Waals surface area (Å²) in [6.45, 7) is 1.69. The molecule has 0 radical (unpaired) electrons. The Morgan fingerprint density at radius 3 is 2.65 bits per heavy atom. The number of methoxy groups -OCH3 is 2. The minimum atomic E-state index is -0.668. The first-order valence-corrected chi connectivity index (χ1v) is 6.29. The standard InChI is InChI=1S/C13H19NO6/c1-18-8-7-14-6-5-10(13(14)17)9-20-12(16)4-3-11(15)19-2/h3-4,10H,5-9H2,1-2H3/b4-3+. The maximum Gasteiger partial charge on any atom is 0.331 e. The second kappa shape index (κ2) is 8.31. The molecule has 1 amide bonds. The summed E-state index contributed by atoms with van der Waals surface area (Å²) < 4.78 is 14.2. The van der Waals surface area contributed by atoms with Crippen LogP contribution in [0.5, 0.6) is 0 Å². The highest BCUT2D eigenvalue weighted by Gasteiger charge is 2.31. The van der Waals surface area contributed by atoms with E-state index in [1.54, 1.807) is 12.0 Å². The summed E-state index contributed by atoms with van der Waals surface area (Å²) in [5.41, 5.74) is 0. The lowest BCUT2D eigenvalue weighted by molar-refractivity contribution is -0.143. The third kappa shape index (κ3) is 5.00. The van der Waals surface area contributed by atoms with Crippen molar-refractivity contribution in [3.63, 3.8) is 0 Å². The summed E-state index contributed by atoms with van der Waals surface area (Å²) in [4.78, 5) is 35.7. The maximum absolute atomic E-state index is 11.9. The highest BCUT2D eigenvalue weighted by molar-refractivity contribution is 5.91. The zero-order chi connectivity index (χ0) is 15.0. The molecule has 0 N–H and O–H groups in total. The summed E-state index contributed by atoms with van der Waals surface area (Å²) in [5.74, 6) is -1.66. The summed E-state index contributed by atoms with van der Waals surface area (Å²) in [6.07, 6.45) is 2.61. The fraction of sp³-hybridized carbons (Fsp3) is 0.615. The lowest BCUT2D eigenvalue weighted by atomic mass is 10.1. The zero-order valence-electron chi connectivity index (χ0n) is 11.7. The van der Waals surface area contributed by atoms with Gasteiger partial charge in [-0.15, -0.1) is 0 Å². The molecule has 1 aliphatic heterocycles. The molecule has 1 atom stereocenters. The van der Waals surface area contributed by atoms with Gasteiger partial charge in [0.25, 0.3) is 0 Å². The Bertz CT molecular complexity index is 392. The van der Waals surface area contributed by atoms with E-state index < -0.39 is 11.9 Å². The van der Waals surface area contributed by atoms with Crippen LogP contribution in [0.1, 0.15) is 6.42 Å². The summed E-state index contributed by atoms with van der Waals surface area (Å²) in [6, 6.07) is 0. The van der Waals surface area contributed by atoms with Crippen LogP contribution in [0.4, 0.5) is 0 Å². The number of carbonyl (C=O) groups is 3. The van der Waals surface area contributed by atoms with E-state index in [9.17, 15) is 14.4 Å². The van der Waals surface area contributed by atoms with Crippen molar-refractivity contribution in [2.75, 3.05) is 40.5 Å². The van der Waals surface area contributed by atoms with E-state index in [1.165, 1.54) is 7.11 Å². The van der Waals surface area contributed by atoms with Gasteiger partial charge in [0, 0.05) is 32.4 Å². The quantitative estimate of drug-likeness (QED) is 0.474. The first-order valence-electron chi connectivity index (χ1n) is 6.29. The number of nitrogens with zero attached hydrogens (tertiary/aromatic N) is 1. The molecule has 7 nitrogen and oxygen atoms in total. The van der Waals surface area contributed by atoms with Gasteiger partial charge in [-0.1, -0.05) is 0 Å². The molecule has 1 aliphatic rings. The number of esters is 2. The van der Waals surface area contributed by atoms with Crippen LogP contribution in [0, 0.1) is 5.92 Å². The van der Waals surface area contributed by atoms with Gasteiger partial charge in [0.1, 0.15) is 6.61 Å².